The second kappa shape index (κ2) is 9.27. The minimum Gasteiger partial charge on any atom is -0.444 e. The van der Waals surface area contributed by atoms with Gasteiger partial charge in [0.25, 0.3) is 0 Å². The number of aromatic amines is 1. The molecular weight excluding hydrogens is 463 g/mol. The van der Waals surface area contributed by atoms with Crippen LogP contribution in [-0.4, -0.2) is 71.8 Å². The third-order valence-corrected chi connectivity index (χ3v) is 7.36. The Bertz CT molecular complexity index is 1120. The van der Waals surface area contributed by atoms with Crippen LogP contribution in [0.5, 0.6) is 0 Å². The number of fused-ring (bicyclic) bond motifs is 2. The van der Waals surface area contributed by atoms with Gasteiger partial charge in [-0.2, -0.15) is 4.31 Å². The van der Waals surface area contributed by atoms with Crippen molar-refractivity contribution in [2.45, 2.75) is 70.2 Å². The van der Waals surface area contributed by atoms with Crippen LogP contribution in [0.4, 0.5) is 9.18 Å². The summed E-state index contributed by atoms with van der Waals surface area (Å²) >= 11 is -2.20. The minimum atomic E-state index is -2.20. The Hall–Kier alpha value is -2.50. The maximum atomic E-state index is 13.7. The molecule has 3 N–H and O–H groups in total. The molecule has 0 bridgehead atoms. The van der Waals surface area contributed by atoms with Gasteiger partial charge in [0.15, 0.2) is 0 Å². The molecule has 0 radical (unpaired) electrons. The lowest BCUT2D eigenvalue weighted by atomic mass is 9.91. The molecule has 2 aromatic rings. The molecule has 2 unspecified atom stereocenters. The molecule has 1 aromatic heterocycles. The number of halogens is 1. The van der Waals surface area contributed by atoms with Crippen LogP contribution >= 0.6 is 0 Å². The van der Waals surface area contributed by atoms with Crippen molar-refractivity contribution < 1.29 is 27.5 Å². The van der Waals surface area contributed by atoms with E-state index in [9.17, 15) is 22.7 Å². The van der Waals surface area contributed by atoms with Gasteiger partial charge in [0.1, 0.15) is 17.5 Å². The predicted octanol–water partition coefficient (Wildman–Crippen LogP) is 3.12. The van der Waals surface area contributed by atoms with Crippen molar-refractivity contribution in [2.75, 3.05) is 13.1 Å². The number of carbonyl (C=O) groups is 2. The van der Waals surface area contributed by atoms with Crippen molar-refractivity contribution in [1.82, 2.24) is 19.5 Å². The van der Waals surface area contributed by atoms with Crippen molar-refractivity contribution in [1.29, 1.82) is 0 Å². The fourth-order valence-corrected chi connectivity index (χ4v) is 5.92. The highest BCUT2D eigenvalue weighted by atomic mass is 32.2. The normalized spacial score (nSPS) is 24.8. The maximum Gasteiger partial charge on any atom is 0.408 e. The monoisotopic (exact) mass is 494 g/mol. The molecule has 0 saturated carbocycles. The molecule has 1 aromatic carbocycles. The first-order valence-electron chi connectivity index (χ1n) is 11.4. The predicted molar refractivity (Wildman–Crippen MR) is 126 cm³/mol. The van der Waals surface area contributed by atoms with E-state index in [4.69, 9.17) is 4.74 Å². The van der Waals surface area contributed by atoms with E-state index in [1.54, 1.807) is 37.9 Å². The van der Waals surface area contributed by atoms with Crippen molar-refractivity contribution in [2.24, 2.45) is 0 Å². The summed E-state index contributed by atoms with van der Waals surface area (Å²) in [5, 5.41) is 3.49. The Morgan fingerprint density at radius 2 is 2.12 bits per heavy atom. The highest BCUT2D eigenvalue weighted by molar-refractivity contribution is 7.76. The molecule has 186 valence electrons. The van der Waals surface area contributed by atoms with Crippen molar-refractivity contribution in [3.8, 4) is 0 Å². The van der Waals surface area contributed by atoms with Crippen LogP contribution in [0.15, 0.2) is 24.4 Å². The molecule has 11 heteroatoms. The fraction of sp³-hybridized carbons (Fsp3) is 0.565. The van der Waals surface area contributed by atoms with Gasteiger partial charge in [-0.15, -0.1) is 0 Å². The summed E-state index contributed by atoms with van der Waals surface area (Å²) in [6.07, 6.45) is 2.04. The van der Waals surface area contributed by atoms with Crippen LogP contribution < -0.4 is 5.32 Å². The summed E-state index contributed by atoms with van der Waals surface area (Å²) in [6.45, 7) is 7.74. The molecule has 4 rings (SSSR count). The zero-order valence-electron chi connectivity index (χ0n) is 19.7. The number of H-pyrrole nitrogens is 1. The van der Waals surface area contributed by atoms with Crippen LogP contribution in [0.25, 0.3) is 10.9 Å². The number of likely N-dealkylation sites (tertiary alicyclic amines) is 1. The lowest BCUT2D eigenvalue weighted by Gasteiger charge is -2.32. The Kier molecular flexibility index (Phi) is 6.71. The van der Waals surface area contributed by atoms with Gasteiger partial charge in [-0.25, -0.2) is 13.4 Å². The molecule has 9 nitrogen and oxygen atoms in total. The largest absolute Gasteiger partial charge is 0.444 e. The average molecular weight is 495 g/mol. The number of benzene rings is 1. The SMILES string of the molecule is CCC(NC(=O)OC(C)(C)C)C(=O)N1CC[C@@H]2[C@H]1[C@H](c1c[nH]c3cc(F)ccc13)CN2S(=O)O. The van der Waals surface area contributed by atoms with E-state index in [1.807, 2.05) is 6.92 Å². The Balaban J connectivity index is 1.63. The van der Waals surface area contributed by atoms with Crippen LogP contribution in [-0.2, 0) is 20.8 Å². The van der Waals surface area contributed by atoms with Crippen molar-refractivity contribution >= 4 is 34.2 Å². The zero-order valence-corrected chi connectivity index (χ0v) is 20.5. The Labute approximate surface area is 200 Å². The second-order valence-electron chi connectivity index (χ2n) is 9.86. The summed E-state index contributed by atoms with van der Waals surface area (Å²) in [5.41, 5.74) is 0.802. The molecular formula is C23H31FN4O5S. The standard InChI is InChI=1S/C23H31FN4O5S/c1-5-17(26-22(30)33-23(2,3)4)21(29)27-9-8-19-20(27)16(12-28(19)34(31)32)15-11-25-18-10-13(24)6-7-14(15)18/h6-7,10-11,16-17,19-20,25H,5,8-9,12H2,1-4H3,(H,26,30)(H,31,32)/t16-,17?,19+,20+/m0/s1. The minimum absolute atomic E-state index is 0.248. The van der Waals surface area contributed by atoms with Gasteiger partial charge >= 0.3 is 6.09 Å². The quantitative estimate of drug-likeness (QED) is 0.553. The molecule has 0 aliphatic carbocycles. The van der Waals surface area contributed by atoms with Crippen LogP contribution in [0.2, 0.25) is 0 Å². The Morgan fingerprint density at radius 3 is 2.76 bits per heavy atom. The number of amides is 2. The van der Waals surface area contributed by atoms with Crippen molar-refractivity contribution in [3.63, 3.8) is 0 Å². The van der Waals surface area contributed by atoms with Crippen molar-refractivity contribution in [3.05, 3.63) is 35.8 Å². The summed E-state index contributed by atoms with van der Waals surface area (Å²) < 4.78 is 42.6. The summed E-state index contributed by atoms with van der Waals surface area (Å²) in [4.78, 5) is 30.7. The highest BCUT2D eigenvalue weighted by Crippen LogP contribution is 2.43. The van der Waals surface area contributed by atoms with Gasteiger partial charge in [0.2, 0.25) is 17.2 Å². The molecule has 0 spiro atoms. The second-order valence-corrected chi connectivity index (χ2v) is 10.8. The van der Waals surface area contributed by atoms with Gasteiger partial charge in [-0.3, -0.25) is 9.35 Å². The molecule has 2 aliphatic heterocycles. The van der Waals surface area contributed by atoms with E-state index in [2.05, 4.69) is 10.3 Å². The number of alkyl carbamates (subject to hydrolysis) is 1. The maximum absolute atomic E-state index is 13.7. The summed E-state index contributed by atoms with van der Waals surface area (Å²) in [5.74, 6) is -0.868. The number of nitrogens with one attached hydrogen (secondary N) is 2. The molecule has 3 heterocycles. The first kappa shape index (κ1) is 24.6. The van der Waals surface area contributed by atoms with Gasteiger partial charge in [-0.1, -0.05) is 6.92 Å². The average Bonchev–Trinajstić information content (AvgIpc) is 3.43. The Morgan fingerprint density at radius 1 is 1.38 bits per heavy atom. The van der Waals surface area contributed by atoms with E-state index in [0.717, 1.165) is 10.9 Å². The first-order chi connectivity index (χ1) is 16.0. The smallest absolute Gasteiger partial charge is 0.408 e. The number of aromatic nitrogens is 1. The summed E-state index contributed by atoms with van der Waals surface area (Å²) in [6, 6.07) is 3.03. The zero-order chi connectivity index (χ0) is 24.8. The third kappa shape index (κ3) is 4.69. The summed E-state index contributed by atoms with van der Waals surface area (Å²) in [7, 11) is 0. The van der Waals surface area contributed by atoms with E-state index in [1.165, 1.54) is 16.4 Å². The number of carbonyl (C=O) groups excluding carboxylic acids is 2. The lowest BCUT2D eigenvalue weighted by Crippen LogP contribution is -2.52. The molecule has 2 amide bonds. The van der Waals surface area contributed by atoms with E-state index in [-0.39, 0.29) is 36.3 Å². The van der Waals surface area contributed by atoms with E-state index < -0.39 is 29.0 Å². The number of hydrogen-bond donors (Lipinski definition) is 3. The van der Waals surface area contributed by atoms with Crippen LogP contribution in [0.1, 0.15) is 52.0 Å². The van der Waals surface area contributed by atoms with Gasteiger partial charge < -0.3 is 19.9 Å². The van der Waals surface area contributed by atoms with Crippen LogP contribution in [0, 0.1) is 5.82 Å². The third-order valence-electron chi connectivity index (χ3n) is 6.53. The van der Waals surface area contributed by atoms with Crippen LogP contribution in [0.3, 0.4) is 0 Å². The first-order valence-corrected chi connectivity index (χ1v) is 12.5. The molecule has 2 saturated heterocycles. The fourth-order valence-electron chi connectivity index (χ4n) is 5.17. The number of rotatable bonds is 5. The number of nitrogens with zero attached hydrogens (tertiary/aromatic N) is 2. The molecule has 5 atom stereocenters. The molecule has 2 fully saturated rings. The topological polar surface area (TPSA) is 115 Å². The lowest BCUT2D eigenvalue weighted by molar-refractivity contribution is -0.134. The number of ether oxygens (including phenoxy) is 1. The number of hydrogen-bond acceptors (Lipinski definition) is 4. The molecule has 2 aliphatic rings. The van der Waals surface area contributed by atoms with E-state index in [0.29, 0.717) is 24.9 Å². The molecule has 34 heavy (non-hydrogen) atoms. The van der Waals surface area contributed by atoms with Gasteiger partial charge in [-0.05, 0) is 57.4 Å². The van der Waals surface area contributed by atoms with Gasteiger partial charge in [0.05, 0.1) is 6.04 Å². The highest BCUT2D eigenvalue weighted by Gasteiger charge is 2.53. The van der Waals surface area contributed by atoms with E-state index >= 15 is 0 Å². The van der Waals surface area contributed by atoms with Gasteiger partial charge in [0, 0.05) is 42.1 Å².